The lowest BCUT2D eigenvalue weighted by Crippen LogP contribution is -2.28. The van der Waals surface area contributed by atoms with Crippen molar-refractivity contribution in [3.63, 3.8) is 0 Å². The SMILES string of the molecule is N=C(N)SC1CC2CC1C1C=CCC21. The zero-order valence-corrected chi connectivity index (χ0v) is 8.96. The average Bonchev–Trinajstić information content (AvgIpc) is 2.68. The Morgan fingerprint density at radius 1 is 1.36 bits per heavy atom. The Bertz CT molecular complexity index is 300. The highest BCUT2D eigenvalue weighted by Gasteiger charge is 2.52. The van der Waals surface area contributed by atoms with E-state index in [4.69, 9.17) is 11.1 Å². The Labute approximate surface area is 88.8 Å². The maximum Gasteiger partial charge on any atom is 0.151 e. The minimum Gasteiger partial charge on any atom is -0.379 e. The molecule has 2 nitrogen and oxygen atoms in total. The highest BCUT2D eigenvalue weighted by molar-refractivity contribution is 8.14. The molecule has 0 heterocycles. The number of nitrogens with two attached hydrogens (primary N) is 1. The maximum atomic E-state index is 7.35. The van der Waals surface area contributed by atoms with Crippen molar-refractivity contribution in [1.29, 1.82) is 5.41 Å². The molecule has 14 heavy (non-hydrogen) atoms. The molecule has 2 saturated carbocycles. The second kappa shape index (κ2) is 3.02. The molecule has 0 aromatic rings. The number of fused-ring (bicyclic) bond motifs is 5. The van der Waals surface area contributed by atoms with E-state index in [0.29, 0.717) is 10.4 Å². The van der Waals surface area contributed by atoms with Crippen LogP contribution in [-0.2, 0) is 0 Å². The molecule has 0 aromatic carbocycles. The summed E-state index contributed by atoms with van der Waals surface area (Å²) in [7, 11) is 0. The van der Waals surface area contributed by atoms with Crippen molar-refractivity contribution in [1.82, 2.24) is 0 Å². The van der Waals surface area contributed by atoms with Crippen LogP contribution >= 0.6 is 11.8 Å². The van der Waals surface area contributed by atoms with Gasteiger partial charge >= 0.3 is 0 Å². The second-order valence-electron chi connectivity index (χ2n) is 4.82. The van der Waals surface area contributed by atoms with Gasteiger partial charge in [-0.25, -0.2) is 0 Å². The summed E-state index contributed by atoms with van der Waals surface area (Å²) in [6.45, 7) is 0. The van der Waals surface area contributed by atoms with Gasteiger partial charge in [-0.15, -0.1) is 0 Å². The van der Waals surface area contributed by atoms with Crippen LogP contribution in [0.3, 0.4) is 0 Å². The molecule has 0 spiro atoms. The van der Waals surface area contributed by atoms with Crippen molar-refractivity contribution in [2.24, 2.45) is 29.4 Å². The lowest BCUT2D eigenvalue weighted by Gasteiger charge is -2.30. The standard InChI is InChI=1S/C11H16N2S/c12-11(13)14-10-5-6-4-9(10)8-3-1-2-7(6)8/h1,3,6-10H,2,4-5H2,(H3,12,13). The van der Waals surface area contributed by atoms with Gasteiger partial charge in [0.2, 0.25) is 0 Å². The minimum absolute atomic E-state index is 0.307. The molecular weight excluding hydrogens is 192 g/mol. The fourth-order valence-corrected chi connectivity index (χ4v) is 4.92. The van der Waals surface area contributed by atoms with E-state index in [9.17, 15) is 0 Å². The first kappa shape index (κ1) is 8.84. The number of rotatable bonds is 1. The number of allylic oxidation sites excluding steroid dienone is 2. The lowest BCUT2D eigenvalue weighted by atomic mass is 9.81. The van der Waals surface area contributed by atoms with Crippen LogP contribution in [0.4, 0.5) is 0 Å². The van der Waals surface area contributed by atoms with Crippen LogP contribution in [-0.4, -0.2) is 10.4 Å². The summed E-state index contributed by atoms with van der Waals surface area (Å²) in [6.07, 6.45) is 8.78. The van der Waals surface area contributed by atoms with Crippen LogP contribution in [0.15, 0.2) is 12.2 Å². The highest BCUT2D eigenvalue weighted by Crippen LogP contribution is 2.59. The first-order chi connectivity index (χ1) is 6.75. The molecule has 0 radical (unpaired) electrons. The highest BCUT2D eigenvalue weighted by atomic mass is 32.2. The Balaban J connectivity index is 1.76. The number of thioether (sulfide) groups is 1. The molecule has 3 rings (SSSR count). The van der Waals surface area contributed by atoms with Crippen LogP contribution in [0.2, 0.25) is 0 Å². The third kappa shape index (κ3) is 1.14. The first-order valence-corrected chi connectivity index (χ1v) is 6.31. The van der Waals surface area contributed by atoms with Gasteiger partial charge in [-0.05, 0) is 42.9 Å². The number of hydrogen-bond donors (Lipinski definition) is 2. The van der Waals surface area contributed by atoms with E-state index in [1.54, 1.807) is 11.8 Å². The van der Waals surface area contributed by atoms with Crippen LogP contribution in [0.1, 0.15) is 19.3 Å². The van der Waals surface area contributed by atoms with Crippen molar-refractivity contribution in [2.45, 2.75) is 24.5 Å². The van der Waals surface area contributed by atoms with E-state index < -0.39 is 0 Å². The normalized spacial score (nSPS) is 48.4. The molecule has 76 valence electrons. The molecule has 5 atom stereocenters. The molecule has 3 heteroatoms. The minimum atomic E-state index is 0.307. The Morgan fingerprint density at radius 3 is 3.00 bits per heavy atom. The summed E-state index contributed by atoms with van der Waals surface area (Å²) < 4.78 is 0. The maximum absolute atomic E-state index is 7.35. The van der Waals surface area contributed by atoms with Gasteiger partial charge in [0.25, 0.3) is 0 Å². The van der Waals surface area contributed by atoms with E-state index in [1.807, 2.05) is 0 Å². The van der Waals surface area contributed by atoms with Crippen molar-refractivity contribution in [2.75, 3.05) is 0 Å². The predicted octanol–water partition coefficient (Wildman–Crippen LogP) is 2.21. The average molecular weight is 208 g/mol. The van der Waals surface area contributed by atoms with Gasteiger partial charge in [-0.3, -0.25) is 5.41 Å². The van der Waals surface area contributed by atoms with Gasteiger partial charge in [-0.1, -0.05) is 23.9 Å². The summed E-state index contributed by atoms with van der Waals surface area (Å²) in [4.78, 5) is 0. The molecule has 3 aliphatic rings. The van der Waals surface area contributed by atoms with Gasteiger partial charge in [-0.2, -0.15) is 0 Å². The van der Waals surface area contributed by atoms with Gasteiger partial charge < -0.3 is 5.73 Å². The van der Waals surface area contributed by atoms with E-state index in [1.165, 1.54) is 19.3 Å². The van der Waals surface area contributed by atoms with Gasteiger partial charge in [0.1, 0.15) is 0 Å². The van der Waals surface area contributed by atoms with E-state index >= 15 is 0 Å². The summed E-state index contributed by atoms with van der Waals surface area (Å²) in [5.74, 6) is 3.52. The Hall–Kier alpha value is -0.440. The monoisotopic (exact) mass is 208 g/mol. The smallest absolute Gasteiger partial charge is 0.151 e. The molecule has 0 amide bonds. The van der Waals surface area contributed by atoms with Crippen LogP contribution in [0.5, 0.6) is 0 Å². The molecule has 0 aromatic heterocycles. The van der Waals surface area contributed by atoms with Crippen molar-refractivity contribution in [3.05, 3.63) is 12.2 Å². The van der Waals surface area contributed by atoms with Crippen molar-refractivity contribution >= 4 is 16.9 Å². The van der Waals surface area contributed by atoms with Crippen molar-refractivity contribution in [3.8, 4) is 0 Å². The summed E-state index contributed by atoms with van der Waals surface area (Å²) >= 11 is 1.60. The summed E-state index contributed by atoms with van der Waals surface area (Å²) in [5, 5.41) is 8.30. The Kier molecular flexibility index (Phi) is 1.91. The number of hydrogen-bond acceptors (Lipinski definition) is 2. The lowest BCUT2D eigenvalue weighted by molar-refractivity contribution is 0.292. The van der Waals surface area contributed by atoms with Crippen LogP contribution in [0.25, 0.3) is 0 Å². The molecule has 3 aliphatic carbocycles. The fraction of sp³-hybridized carbons (Fsp3) is 0.727. The molecule has 3 N–H and O–H groups in total. The molecule has 0 saturated heterocycles. The van der Waals surface area contributed by atoms with E-state index in [0.717, 1.165) is 23.7 Å². The number of amidine groups is 1. The van der Waals surface area contributed by atoms with Gasteiger partial charge in [0, 0.05) is 5.25 Å². The summed E-state index contributed by atoms with van der Waals surface area (Å²) in [5.41, 5.74) is 5.47. The first-order valence-electron chi connectivity index (χ1n) is 5.43. The largest absolute Gasteiger partial charge is 0.379 e. The molecule has 2 fully saturated rings. The fourth-order valence-electron chi connectivity index (χ4n) is 3.78. The third-order valence-electron chi connectivity index (χ3n) is 4.23. The molecule has 2 bridgehead atoms. The second-order valence-corrected chi connectivity index (χ2v) is 6.10. The number of nitrogens with one attached hydrogen (secondary N) is 1. The molecule has 0 aliphatic heterocycles. The van der Waals surface area contributed by atoms with E-state index in [2.05, 4.69) is 12.2 Å². The zero-order valence-electron chi connectivity index (χ0n) is 8.15. The van der Waals surface area contributed by atoms with Crippen LogP contribution in [0, 0.1) is 29.1 Å². The van der Waals surface area contributed by atoms with Gasteiger partial charge in [0.05, 0.1) is 0 Å². The zero-order chi connectivity index (χ0) is 9.71. The summed E-state index contributed by atoms with van der Waals surface area (Å²) in [6, 6.07) is 0. The topological polar surface area (TPSA) is 49.9 Å². The molecule has 5 unspecified atom stereocenters. The van der Waals surface area contributed by atoms with Gasteiger partial charge in [0.15, 0.2) is 5.17 Å². The van der Waals surface area contributed by atoms with Crippen molar-refractivity contribution < 1.29 is 0 Å². The third-order valence-corrected chi connectivity index (χ3v) is 5.33. The van der Waals surface area contributed by atoms with Crippen LogP contribution < -0.4 is 5.73 Å². The van der Waals surface area contributed by atoms with E-state index in [-0.39, 0.29) is 0 Å². The molecular formula is C11H16N2S. The quantitative estimate of drug-likeness (QED) is 0.394. The Morgan fingerprint density at radius 2 is 2.21 bits per heavy atom. The predicted molar refractivity (Wildman–Crippen MR) is 60.2 cm³/mol.